The van der Waals surface area contributed by atoms with E-state index in [1.165, 1.54) is 32.2 Å². The van der Waals surface area contributed by atoms with Gasteiger partial charge in [-0.1, -0.05) is 0 Å². The van der Waals surface area contributed by atoms with E-state index in [-0.39, 0.29) is 22.3 Å². The van der Waals surface area contributed by atoms with E-state index in [9.17, 15) is 18.0 Å². The normalized spacial score (nSPS) is 15.9. The molecule has 2 N–H and O–H groups in total. The summed E-state index contributed by atoms with van der Waals surface area (Å²) in [5.41, 5.74) is 0.432. The minimum atomic E-state index is -3.87. The van der Waals surface area contributed by atoms with Gasteiger partial charge in [0.25, 0.3) is 5.91 Å². The molecule has 11 heteroatoms. The highest BCUT2D eigenvalue weighted by atomic mass is 32.2. The van der Waals surface area contributed by atoms with E-state index in [4.69, 9.17) is 18.9 Å². The second-order valence-electron chi connectivity index (χ2n) is 7.66. The molecule has 33 heavy (non-hydrogen) atoms. The third-order valence-corrected chi connectivity index (χ3v) is 6.59. The van der Waals surface area contributed by atoms with Crippen molar-refractivity contribution in [3.63, 3.8) is 0 Å². The molecule has 10 nitrogen and oxygen atoms in total. The van der Waals surface area contributed by atoms with E-state index in [1.807, 2.05) is 0 Å². The Balaban J connectivity index is 1.44. The lowest BCUT2D eigenvalue weighted by molar-refractivity contribution is -0.123. The summed E-state index contributed by atoms with van der Waals surface area (Å²) >= 11 is 0. The van der Waals surface area contributed by atoms with Crippen LogP contribution in [0, 0.1) is 0 Å². The molecule has 0 unspecified atom stereocenters. The summed E-state index contributed by atoms with van der Waals surface area (Å²) in [7, 11) is -2.53. The number of nitrogens with one attached hydrogen (secondary N) is 2. The first-order valence-corrected chi connectivity index (χ1v) is 11.9. The van der Waals surface area contributed by atoms with Crippen LogP contribution in [-0.4, -0.2) is 52.8 Å². The van der Waals surface area contributed by atoms with E-state index in [2.05, 4.69) is 10.0 Å². The van der Waals surface area contributed by atoms with Crippen LogP contribution in [0.2, 0.25) is 0 Å². The first kappa shape index (κ1) is 22.9. The molecule has 4 rings (SSSR count). The average Bonchev–Trinajstić information content (AvgIpc) is 3.61. The van der Waals surface area contributed by atoms with Crippen molar-refractivity contribution in [1.82, 2.24) is 4.72 Å². The third kappa shape index (κ3) is 5.37. The number of fused-ring (bicyclic) bond motifs is 1. The molecule has 176 valence electrons. The molecule has 0 spiro atoms. The second-order valence-corrected chi connectivity index (χ2v) is 9.34. The molecule has 1 aliphatic heterocycles. The number of rotatable bonds is 8. The molecule has 0 saturated heterocycles. The Morgan fingerprint density at radius 2 is 1.79 bits per heavy atom. The molecule has 1 atom stereocenters. The standard InChI is InChI=1S/C22H24N2O8S/c1-13(21(25)23-16-6-8-17-19(12-16)31-10-9-30-17)32-22(26)14-3-7-18(29-2)20(11-14)33(27,28)24-15-4-5-15/h3,6-8,11-13,15,24H,4-5,9-10H2,1-2H3,(H,23,25)/t13-/m0/s1. The van der Waals surface area contributed by atoms with Crippen molar-refractivity contribution in [3.05, 3.63) is 42.0 Å². The van der Waals surface area contributed by atoms with Gasteiger partial charge >= 0.3 is 5.97 Å². The average molecular weight is 477 g/mol. The maximum atomic E-state index is 12.6. The Hall–Kier alpha value is -3.31. The SMILES string of the molecule is COc1ccc(C(=O)O[C@@H](C)C(=O)Nc2ccc3c(c2)OCCO3)cc1S(=O)(=O)NC1CC1. The minimum absolute atomic E-state index is 0.0223. The highest BCUT2D eigenvalue weighted by molar-refractivity contribution is 7.89. The molecule has 1 fully saturated rings. The number of methoxy groups -OCH3 is 1. The molecule has 2 aromatic rings. The van der Waals surface area contributed by atoms with Crippen LogP contribution in [-0.2, 0) is 19.6 Å². The number of amides is 1. The van der Waals surface area contributed by atoms with Crippen LogP contribution < -0.4 is 24.2 Å². The molecule has 0 bridgehead atoms. The van der Waals surface area contributed by atoms with Crippen molar-refractivity contribution in [2.24, 2.45) is 0 Å². The molecule has 0 aromatic heterocycles. The van der Waals surface area contributed by atoms with E-state index in [0.717, 1.165) is 12.8 Å². The van der Waals surface area contributed by atoms with E-state index < -0.39 is 28.0 Å². The summed E-state index contributed by atoms with van der Waals surface area (Å²) in [5.74, 6) is -0.207. The van der Waals surface area contributed by atoms with Gasteiger partial charge in [0.2, 0.25) is 10.0 Å². The number of sulfonamides is 1. The molecule has 1 heterocycles. The van der Waals surface area contributed by atoms with Crippen LogP contribution in [0.3, 0.4) is 0 Å². The highest BCUT2D eigenvalue weighted by Gasteiger charge is 2.31. The Labute approximate surface area is 191 Å². The highest BCUT2D eigenvalue weighted by Crippen LogP contribution is 2.33. The number of ether oxygens (including phenoxy) is 4. The summed E-state index contributed by atoms with van der Waals surface area (Å²) in [6, 6.07) is 8.76. The largest absolute Gasteiger partial charge is 0.495 e. The monoisotopic (exact) mass is 476 g/mol. The Morgan fingerprint density at radius 3 is 2.48 bits per heavy atom. The summed E-state index contributed by atoms with van der Waals surface area (Å²) in [6.07, 6.45) is 0.385. The van der Waals surface area contributed by atoms with Gasteiger partial charge in [-0.2, -0.15) is 0 Å². The van der Waals surface area contributed by atoms with Crippen molar-refractivity contribution >= 4 is 27.6 Å². The van der Waals surface area contributed by atoms with Gasteiger partial charge in [0.15, 0.2) is 17.6 Å². The smallest absolute Gasteiger partial charge is 0.338 e. The molecule has 2 aliphatic rings. The molecular formula is C22H24N2O8S. The van der Waals surface area contributed by atoms with Crippen LogP contribution in [0.25, 0.3) is 0 Å². The predicted octanol–water partition coefficient (Wildman–Crippen LogP) is 2.09. The Kier molecular flexibility index (Phi) is 6.43. The zero-order chi connectivity index (χ0) is 23.6. The van der Waals surface area contributed by atoms with Crippen LogP contribution >= 0.6 is 0 Å². The van der Waals surface area contributed by atoms with E-state index in [0.29, 0.717) is 30.4 Å². The number of carbonyl (C=O) groups excluding carboxylic acids is 2. The topological polar surface area (TPSA) is 129 Å². The number of hydrogen-bond acceptors (Lipinski definition) is 8. The maximum Gasteiger partial charge on any atom is 0.338 e. The fourth-order valence-corrected chi connectivity index (χ4v) is 4.64. The van der Waals surface area contributed by atoms with Gasteiger partial charge in [0.1, 0.15) is 23.9 Å². The second kappa shape index (κ2) is 9.28. The number of hydrogen-bond donors (Lipinski definition) is 2. The Bertz CT molecular complexity index is 1180. The fourth-order valence-electron chi connectivity index (χ4n) is 3.14. The summed E-state index contributed by atoms with van der Waals surface area (Å²) < 4.78 is 49.2. The lowest BCUT2D eigenvalue weighted by atomic mass is 10.2. The number of anilines is 1. The number of carbonyl (C=O) groups is 2. The van der Waals surface area contributed by atoms with Crippen LogP contribution in [0.4, 0.5) is 5.69 Å². The van der Waals surface area contributed by atoms with Gasteiger partial charge in [-0.05, 0) is 50.1 Å². The first-order chi connectivity index (χ1) is 15.8. The maximum absolute atomic E-state index is 12.6. The van der Waals surface area contributed by atoms with Crippen molar-refractivity contribution < 1.29 is 37.0 Å². The van der Waals surface area contributed by atoms with Gasteiger partial charge in [-0.25, -0.2) is 17.9 Å². The first-order valence-electron chi connectivity index (χ1n) is 10.4. The number of benzene rings is 2. The third-order valence-electron chi connectivity index (χ3n) is 5.05. The van der Waals surface area contributed by atoms with E-state index in [1.54, 1.807) is 18.2 Å². The lowest BCUT2D eigenvalue weighted by Crippen LogP contribution is -2.30. The quantitative estimate of drug-likeness (QED) is 0.554. The van der Waals surface area contributed by atoms with Gasteiger partial charge in [0, 0.05) is 17.8 Å². The van der Waals surface area contributed by atoms with Gasteiger partial charge in [-0.15, -0.1) is 0 Å². The summed E-state index contributed by atoms with van der Waals surface area (Å²) in [4.78, 5) is 25.0. The molecule has 1 aliphatic carbocycles. The summed E-state index contributed by atoms with van der Waals surface area (Å²) in [6.45, 7) is 2.28. The molecular weight excluding hydrogens is 452 g/mol. The predicted molar refractivity (Wildman–Crippen MR) is 117 cm³/mol. The number of esters is 1. The van der Waals surface area contributed by atoms with Crippen molar-refractivity contribution in [2.75, 3.05) is 25.6 Å². The minimum Gasteiger partial charge on any atom is -0.495 e. The van der Waals surface area contributed by atoms with Gasteiger partial charge in [-0.3, -0.25) is 4.79 Å². The van der Waals surface area contributed by atoms with Crippen LogP contribution in [0.1, 0.15) is 30.1 Å². The van der Waals surface area contributed by atoms with Crippen LogP contribution in [0.5, 0.6) is 17.2 Å². The lowest BCUT2D eigenvalue weighted by Gasteiger charge is -2.19. The van der Waals surface area contributed by atoms with Crippen molar-refractivity contribution in [3.8, 4) is 17.2 Å². The summed E-state index contributed by atoms with van der Waals surface area (Å²) in [5, 5.41) is 2.65. The molecule has 1 saturated carbocycles. The molecule has 1 amide bonds. The van der Waals surface area contributed by atoms with Gasteiger partial charge in [0.05, 0.1) is 12.7 Å². The molecule has 2 aromatic carbocycles. The van der Waals surface area contributed by atoms with Crippen LogP contribution in [0.15, 0.2) is 41.3 Å². The zero-order valence-corrected chi connectivity index (χ0v) is 18.9. The van der Waals surface area contributed by atoms with Crippen molar-refractivity contribution in [2.45, 2.75) is 36.8 Å². The van der Waals surface area contributed by atoms with E-state index >= 15 is 0 Å². The van der Waals surface area contributed by atoms with Gasteiger partial charge < -0.3 is 24.3 Å². The Morgan fingerprint density at radius 1 is 1.06 bits per heavy atom. The zero-order valence-electron chi connectivity index (χ0n) is 18.1. The molecule has 0 radical (unpaired) electrons. The van der Waals surface area contributed by atoms with Crippen molar-refractivity contribution in [1.29, 1.82) is 0 Å². The fraction of sp³-hybridized carbons (Fsp3) is 0.364.